The predicted molar refractivity (Wildman–Crippen MR) is 113 cm³/mol. The maximum atomic E-state index is 5.66. The van der Waals surface area contributed by atoms with E-state index < -0.39 is 0 Å². The maximum Gasteiger partial charge on any atom is 2.00 e. The summed E-state index contributed by atoms with van der Waals surface area (Å²) in [7, 11) is 0. The van der Waals surface area contributed by atoms with E-state index in [1.807, 2.05) is 29.5 Å². The number of rotatable bonds is 6. The van der Waals surface area contributed by atoms with Gasteiger partial charge < -0.3 is 21.7 Å². The van der Waals surface area contributed by atoms with E-state index in [0.717, 1.165) is 18.8 Å². The Hall–Kier alpha value is -1.26. The Morgan fingerprint density at radius 1 is 0.750 bits per heavy atom. The Bertz CT molecular complexity index is 961. The first kappa shape index (κ1) is 23.0. The number of halogens is 1. The molecular weight excluding hydrogens is 502 g/mol. The Morgan fingerprint density at radius 3 is 1.96 bits per heavy atom. The zero-order chi connectivity index (χ0) is 17.8. The molecule has 0 saturated carbocycles. The second kappa shape index (κ2) is 11.1. The second-order valence-electron chi connectivity index (χ2n) is 6.03. The molecule has 0 aliphatic rings. The molecule has 28 heavy (non-hydrogen) atoms. The molecule has 5 heteroatoms. The van der Waals surface area contributed by atoms with Crippen molar-refractivity contribution in [1.29, 1.82) is 0 Å². The van der Waals surface area contributed by atoms with Gasteiger partial charge in [0.1, 0.15) is 5.75 Å². The van der Waals surface area contributed by atoms with Crippen LogP contribution in [-0.2, 0) is 19.5 Å². The van der Waals surface area contributed by atoms with Crippen molar-refractivity contribution in [3.63, 3.8) is 0 Å². The normalized spacial score (nSPS) is 10.0. The predicted octanol–water partition coefficient (Wildman–Crippen LogP) is 4.40. The molecule has 2 aromatic carbocycles. The number of ether oxygens (including phenoxy) is 1. The van der Waals surface area contributed by atoms with Crippen LogP contribution in [0, 0.1) is 5.38 Å². The van der Waals surface area contributed by atoms with Crippen LogP contribution in [0.5, 0.6) is 5.75 Å². The van der Waals surface area contributed by atoms with Gasteiger partial charge in [0, 0.05) is 4.88 Å². The summed E-state index contributed by atoms with van der Waals surface area (Å²) in [5.41, 5.74) is 3.69. The largest absolute Gasteiger partial charge is 2.00 e. The summed E-state index contributed by atoms with van der Waals surface area (Å²) in [5.74, 6) is 0.934. The Kier molecular flexibility index (Phi) is 9.10. The molecule has 0 radical (unpaired) electrons. The van der Waals surface area contributed by atoms with Crippen molar-refractivity contribution in [3.8, 4) is 37.1 Å². The minimum absolute atomic E-state index is 0. The molecule has 0 bridgehead atoms. The van der Waals surface area contributed by atoms with E-state index in [4.69, 9.17) is 4.74 Å². The van der Waals surface area contributed by atoms with E-state index >= 15 is 0 Å². The van der Waals surface area contributed by atoms with E-state index in [-0.39, 0.29) is 36.5 Å². The average molecular weight is 521 g/mol. The molecule has 2 heterocycles. The van der Waals surface area contributed by atoms with Crippen LogP contribution in [0.2, 0.25) is 0 Å². The molecule has 0 unspecified atom stereocenters. The Labute approximate surface area is 197 Å². The van der Waals surface area contributed by atoms with Crippen molar-refractivity contribution in [2.75, 3.05) is 6.61 Å². The number of hydrogen-bond acceptors (Lipinski definition) is 3. The summed E-state index contributed by atoms with van der Waals surface area (Å²) < 4.78 is 5.66. The van der Waals surface area contributed by atoms with Crippen LogP contribution in [0.1, 0.15) is 13.3 Å². The summed E-state index contributed by atoms with van der Waals surface area (Å²) in [6, 6.07) is 25.6. The van der Waals surface area contributed by atoms with Gasteiger partial charge >= 0.3 is 19.5 Å². The fourth-order valence-corrected chi connectivity index (χ4v) is 4.54. The first-order chi connectivity index (χ1) is 12.8. The van der Waals surface area contributed by atoms with Crippen molar-refractivity contribution < 1.29 is 41.2 Å². The number of hydrogen-bond donors (Lipinski definition) is 0. The minimum atomic E-state index is 0. The number of benzene rings is 2. The van der Waals surface area contributed by atoms with E-state index in [1.165, 1.54) is 31.3 Å². The van der Waals surface area contributed by atoms with Gasteiger partial charge in [-0.1, -0.05) is 49.4 Å². The molecular formula is C23H19BrOS2Zn. The molecule has 1 nitrogen and oxygen atoms in total. The van der Waals surface area contributed by atoms with E-state index in [2.05, 4.69) is 66.9 Å². The summed E-state index contributed by atoms with van der Waals surface area (Å²) >= 11 is 3.49. The van der Waals surface area contributed by atoms with Gasteiger partial charge in [-0.05, 0) is 46.2 Å². The van der Waals surface area contributed by atoms with Crippen molar-refractivity contribution in [3.05, 3.63) is 78.2 Å². The molecule has 138 valence electrons. The van der Waals surface area contributed by atoms with E-state index in [1.54, 1.807) is 11.3 Å². The average Bonchev–Trinajstić information content (AvgIpc) is 3.38. The molecule has 0 aliphatic heterocycles. The molecule has 0 amide bonds. The van der Waals surface area contributed by atoms with Crippen molar-refractivity contribution >= 4 is 22.7 Å². The first-order valence-electron chi connectivity index (χ1n) is 8.73. The monoisotopic (exact) mass is 518 g/mol. The third-order valence-corrected chi connectivity index (χ3v) is 6.28. The Balaban J connectivity index is 0.00000140. The van der Waals surface area contributed by atoms with Crippen LogP contribution < -0.4 is 21.7 Å². The first-order valence-corrected chi connectivity index (χ1v) is 10.4. The van der Waals surface area contributed by atoms with E-state index in [9.17, 15) is 0 Å². The third-order valence-electron chi connectivity index (χ3n) is 4.15. The summed E-state index contributed by atoms with van der Waals surface area (Å²) in [6.45, 7) is 2.88. The molecule has 4 rings (SSSR count). The molecule has 0 saturated heterocycles. The SMILES string of the molecule is CCCOc1ccc(-c2ccc(-c3ccc(-c4cc[c-]s4)s3)cc2)cc1.[Br-].[Zn+2]. The van der Waals surface area contributed by atoms with Crippen LogP contribution in [0.25, 0.3) is 31.3 Å². The summed E-state index contributed by atoms with van der Waals surface area (Å²) in [4.78, 5) is 3.88. The zero-order valence-corrected chi connectivity index (χ0v) is 21.8. The molecule has 0 aliphatic carbocycles. The smallest absolute Gasteiger partial charge is 1.00 e. The van der Waals surface area contributed by atoms with Gasteiger partial charge in [0.05, 0.1) is 6.61 Å². The van der Waals surface area contributed by atoms with Gasteiger partial charge in [-0.25, -0.2) is 0 Å². The molecule has 0 atom stereocenters. The summed E-state index contributed by atoms with van der Waals surface area (Å²) in [5, 5.41) is 3.16. The van der Waals surface area contributed by atoms with Crippen molar-refractivity contribution in [2.45, 2.75) is 13.3 Å². The maximum absolute atomic E-state index is 5.66. The zero-order valence-electron chi connectivity index (χ0n) is 15.7. The van der Waals surface area contributed by atoms with Crippen molar-refractivity contribution in [1.82, 2.24) is 0 Å². The van der Waals surface area contributed by atoms with Crippen LogP contribution >= 0.6 is 22.7 Å². The van der Waals surface area contributed by atoms with Crippen LogP contribution in [0.3, 0.4) is 0 Å². The van der Waals surface area contributed by atoms with Crippen LogP contribution in [-0.4, -0.2) is 6.61 Å². The minimum Gasteiger partial charge on any atom is -1.00 e. The topological polar surface area (TPSA) is 9.23 Å². The Morgan fingerprint density at radius 2 is 1.36 bits per heavy atom. The quantitative estimate of drug-likeness (QED) is 0.271. The second-order valence-corrected chi connectivity index (χ2v) is 8.00. The molecule has 4 aromatic rings. The fraction of sp³-hybridized carbons (Fsp3) is 0.130. The summed E-state index contributed by atoms with van der Waals surface area (Å²) in [6.07, 6.45) is 1.03. The van der Waals surface area contributed by atoms with Gasteiger partial charge in [0.25, 0.3) is 0 Å². The van der Waals surface area contributed by atoms with Crippen LogP contribution in [0.15, 0.2) is 72.8 Å². The van der Waals surface area contributed by atoms with Gasteiger partial charge in [0.2, 0.25) is 0 Å². The fourth-order valence-electron chi connectivity index (χ4n) is 2.79. The number of thiophene rings is 2. The van der Waals surface area contributed by atoms with Gasteiger partial charge in [0.15, 0.2) is 0 Å². The molecule has 0 spiro atoms. The molecule has 0 fully saturated rings. The van der Waals surface area contributed by atoms with Gasteiger partial charge in [-0.15, -0.1) is 21.6 Å². The van der Waals surface area contributed by atoms with Crippen molar-refractivity contribution in [2.24, 2.45) is 0 Å². The third kappa shape index (κ3) is 5.42. The molecule has 0 N–H and O–H groups in total. The van der Waals surface area contributed by atoms with Crippen LogP contribution in [0.4, 0.5) is 0 Å². The van der Waals surface area contributed by atoms with Gasteiger partial charge in [-0.2, -0.15) is 12.1 Å². The molecule has 2 aromatic heterocycles. The standard InChI is InChI=1S/C23H19OS2.BrH.Zn/c1-2-15-24-20-11-9-18(10-12-20)17-5-7-19(8-6-17)21-13-14-23(26-21)22-4-3-16-25-22;;/h3-14H,2,15H2,1H3;1H;/q-1;;+2/p-1. The van der Waals surface area contributed by atoms with Gasteiger partial charge in [-0.3, -0.25) is 11.3 Å². The van der Waals surface area contributed by atoms with E-state index in [0.29, 0.717) is 0 Å².